The maximum Gasteiger partial charge on any atom is 0.264 e. The number of pyridine rings is 1. The molecule has 3 aromatic rings. The maximum absolute atomic E-state index is 13.5. The van der Waals surface area contributed by atoms with Crippen LogP contribution in [0.2, 0.25) is 10.0 Å². The largest absolute Gasteiger partial charge is 0.302 e. The Morgan fingerprint density at radius 1 is 1.10 bits per heavy atom. The Kier molecular flexibility index (Phi) is 5.79. The first kappa shape index (κ1) is 21.8. The molecule has 0 saturated carbocycles. The van der Waals surface area contributed by atoms with E-state index >= 15 is 0 Å². The van der Waals surface area contributed by atoms with Crippen LogP contribution < -0.4 is 4.90 Å². The number of hydrogen-bond acceptors (Lipinski definition) is 5. The van der Waals surface area contributed by atoms with Gasteiger partial charge in [-0.05, 0) is 31.2 Å². The van der Waals surface area contributed by atoms with Crippen LogP contribution in [-0.2, 0) is 27.5 Å². The van der Waals surface area contributed by atoms with E-state index in [1.165, 1.54) is 0 Å². The average Bonchev–Trinajstić information content (AvgIpc) is 3.02. The number of carbonyl (C=O) groups excluding carboxylic acids is 1. The summed E-state index contributed by atoms with van der Waals surface area (Å²) >= 11 is 12.6. The molecule has 2 aromatic carbocycles. The Hall–Kier alpha value is -2.45. The number of aryl methyl sites for hydroxylation is 1. The van der Waals surface area contributed by atoms with Gasteiger partial charge < -0.3 is 4.90 Å². The highest BCUT2D eigenvalue weighted by atomic mass is 35.5. The molecule has 31 heavy (non-hydrogen) atoms. The van der Waals surface area contributed by atoms with Gasteiger partial charge in [-0.15, -0.1) is 0 Å². The minimum atomic E-state index is -3.71. The fourth-order valence-corrected chi connectivity index (χ4v) is 4.49. The van der Waals surface area contributed by atoms with E-state index < -0.39 is 10.1 Å². The summed E-state index contributed by atoms with van der Waals surface area (Å²) in [4.78, 5) is 19.7. The molecule has 6 nitrogen and oxygen atoms in total. The molecule has 1 amide bonds. The van der Waals surface area contributed by atoms with E-state index in [1.807, 2.05) is 30.3 Å². The number of hydrogen-bond donors (Lipinski definition) is 0. The zero-order chi connectivity index (χ0) is 22.3. The second-order valence-corrected chi connectivity index (χ2v) is 9.68. The van der Waals surface area contributed by atoms with Gasteiger partial charge >= 0.3 is 0 Å². The molecule has 0 aliphatic carbocycles. The van der Waals surface area contributed by atoms with Crippen molar-refractivity contribution >= 4 is 44.9 Å². The standard InChI is InChI=1S/C22H18Cl2N2O4S/c1-13-17(12-30-31(2,28)29)20(16-9-8-14(23)10-18(16)24)21-19(25-13)11-26(22(21)27)15-6-4-3-5-7-15/h3-10H,11-12H2,1-2H3. The van der Waals surface area contributed by atoms with Gasteiger partial charge in [0.1, 0.15) is 0 Å². The summed E-state index contributed by atoms with van der Waals surface area (Å²) in [6.07, 6.45) is 0.973. The number of benzene rings is 2. The quantitative estimate of drug-likeness (QED) is 0.484. The van der Waals surface area contributed by atoms with Crippen LogP contribution in [0.5, 0.6) is 0 Å². The molecule has 0 spiro atoms. The lowest BCUT2D eigenvalue weighted by molar-refractivity contribution is 0.0997. The lowest BCUT2D eigenvalue weighted by Gasteiger charge is -2.18. The van der Waals surface area contributed by atoms with E-state index in [2.05, 4.69) is 4.98 Å². The van der Waals surface area contributed by atoms with Gasteiger partial charge in [-0.1, -0.05) is 47.5 Å². The van der Waals surface area contributed by atoms with Crippen LogP contribution >= 0.6 is 23.2 Å². The molecule has 0 atom stereocenters. The fourth-order valence-electron chi connectivity index (χ4n) is 3.65. The highest BCUT2D eigenvalue weighted by Gasteiger charge is 2.35. The van der Waals surface area contributed by atoms with Crippen molar-refractivity contribution in [1.82, 2.24) is 4.98 Å². The van der Waals surface area contributed by atoms with E-state index in [-0.39, 0.29) is 12.5 Å². The van der Waals surface area contributed by atoms with Crippen LogP contribution in [0.3, 0.4) is 0 Å². The van der Waals surface area contributed by atoms with E-state index in [9.17, 15) is 13.2 Å². The summed E-state index contributed by atoms with van der Waals surface area (Å²) in [5.74, 6) is -0.240. The molecule has 1 aliphatic heterocycles. The van der Waals surface area contributed by atoms with Crippen LogP contribution in [0.25, 0.3) is 11.1 Å². The molecule has 1 aliphatic rings. The van der Waals surface area contributed by atoms with Crippen LogP contribution in [0, 0.1) is 6.92 Å². The molecule has 0 fully saturated rings. The molecular formula is C22H18Cl2N2O4S. The van der Waals surface area contributed by atoms with Crippen LogP contribution in [0.1, 0.15) is 27.3 Å². The maximum atomic E-state index is 13.5. The van der Waals surface area contributed by atoms with Crippen molar-refractivity contribution in [3.8, 4) is 11.1 Å². The lowest BCUT2D eigenvalue weighted by atomic mass is 9.93. The summed E-state index contributed by atoms with van der Waals surface area (Å²) in [6.45, 7) is 1.78. The number of para-hydroxylation sites is 1. The third-order valence-electron chi connectivity index (χ3n) is 5.03. The van der Waals surface area contributed by atoms with E-state index in [0.29, 0.717) is 50.2 Å². The summed E-state index contributed by atoms with van der Waals surface area (Å²) in [5, 5.41) is 0.786. The van der Waals surface area contributed by atoms with Crippen molar-refractivity contribution in [3.05, 3.63) is 81.1 Å². The minimum Gasteiger partial charge on any atom is -0.302 e. The summed E-state index contributed by atoms with van der Waals surface area (Å²) < 4.78 is 28.4. The molecule has 1 aromatic heterocycles. The Labute approximate surface area is 190 Å². The van der Waals surface area contributed by atoms with Gasteiger partial charge in [0.15, 0.2) is 0 Å². The van der Waals surface area contributed by atoms with Crippen molar-refractivity contribution in [2.24, 2.45) is 0 Å². The molecule has 0 unspecified atom stereocenters. The number of halogens is 2. The number of fused-ring (bicyclic) bond motifs is 1. The number of carbonyl (C=O) groups is 1. The smallest absolute Gasteiger partial charge is 0.264 e. The second kappa shape index (κ2) is 8.24. The first-order valence-electron chi connectivity index (χ1n) is 9.35. The third-order valence-corrected chi connectivity index (χ3v) is 6.13. The molecule has 4 rings (SSSR count). The minimum absolute atomic E-state index is 0.240. The number of amides is 1. The number of anilines is 1. The van der Waals surface area contributed by atoms with Gasteiger partial charge in [0.2, 0.25) is 0 Å². The zero-order valence-electron chi connectivity index (χ0n) is 16.7. The van der Waals surface area contributed by atoms with Crippen molar-refractivity contribution < 1.29 is 17.4 Å². The van der Waals surface area contributed by atoms with E-state index in [1.54, 1.807) is 30.0 Å². The van der Waals surface area contributed by atoms with Crippen LogP contribution in [0.4, 0.5) is 5.69 Å². The monoisotopic (exact) mass is 476 g/mol. The van der Waals surface area contributed by atoms with Gasteiger partial charge in [-0.2, -0.15) is 8.42 Å². The summed E-state index contributed by atoms with van der Waals surface area (Å²) in [7, 11) is -3.71. The van der Waals surface area contributed by atoms with Crippen molar-refractivity contribution in [1.29, 1.82) is 0 Å². The van der Waals surface area contributed by atoms with Gasteiger partial charge in [0.25, 0.3) is 16.0 Å². The normalized spacial score (nSPS) is 13.5. The molecule has 9 heteroatoms. The third kappa shape index (κ3) is 4.32. The van der Waals surface area contributed by atoms with Crippen molar-refractivity contribution in [2.45, 2.75) is 20.1 Å². The first-order chi connectivity index (χ1) is 14.7. The van der Waals surface area contributed by atoms with E-state index in [0.717, 1.165) is 11.9 Å². The van der Waals surface area contributed by atoms with Crippen molar-refractivity contribution in [3.63, 3.8) is 0 Å². The average molecular weight is 477 g/mol. The second-order valence-electron chi connectivity index (χ2n) is 7.19. The number of nitrogens with zero attached hydrogens (tertiary/aromatic N) is 2. The molecule has 0 N–H and O–H groups in total. The lowest BCUT2D eigenvalue weighted by Crippen LogP contribution is -2.23. The molecule has 0 saturated heterocycles. The number of rotatable bonds is 5. The van der Waals surface area contributed by atoms with Gasteiger partial charge in [0, 0.05) is 38.1 Å². The SMILES string of the molecule is Cc1nc2c(c(-c3ccc(Cl)cc3Cl)c1COS(C)(=O)=O)C(=O)N(c1ccccc1)C2. The van der Waals surface area contributed by atoms with Crippen LogP contribution in [0.15, 0.2) is 48.5 Å². The predicted octanol–water partition coefficient (Wildman–Crippen LogP) is 5.00. The summed E-state index contributed by atoms with van der Waals surface area (Å²) in [6, 6.07) is 14.2. The van der Waals surface area contributed by atoms with Crippen molar-refractivity contribution in [2.75, 3.05) is 11.2 Å². The Morgan fingerprint density at radius 3 is 2.45 bits per heavy atom. The molecule has 0 bridgehead atoms. The number of aromatic nitrogens is 1. The first-order valence-corrected chi connectivity index (χ1v) is 11.9. The Bertz CT molecular complexity index is 1290. The highest BCUT2D eigenvalue weighted by Crippen LogP contribution is 2.41. The topological polar surface area (TPSA) is 76.6 Å². The highest BCUT2D eigenvalue weighted by molar-refractivity contribution is 7.85. The van der Waals surface area contributed by atoms with Gasteiger partial charge in [0.05, 0.1) is 30.7 Å². The Morgan fingerprint density at radius 2 is 1.81 bits per heavy atom. The van der Waals surface area contributed by atoms with Gasteiger partial charge in [-0.3, -0.25) is 14.0 Å². The fraction of sp³-hybridized carbons (Fsp3) is 0.182. The zero-order valence-corrected chi connectivity index (χ0v) is 19.1. The molecular weight excluding hydrogens is 459 g/mol. The van der Waals surface area contributed by atoms with E-state index in [4.69, 9.17) is 27.4 Å². The molecule has 2 heterocycles. The molecule has 0 radical (unpaired) electrons. The Balaban J connectivity index is 1.94. The van der Waals surface area contributed by atoms with Crippen LogP contribution in [-0.4, -0.2) is 25.6 Å². The molecule has 160 valence electrons. The predicted molar refractivity (Wildman–Crippen MR) is 121 cm³/mol. The summed E-state index contributed by atoms with van der Waals surface area (Å²) in [5.41, 5.74) is 3.83. The van der Waals surface area contributed by atoms with Gasteiger partial charge in [-0.25, -0.2) is 0 Å².